The van der Waals surface area contributed by atoms with E-state index in [0.717, 1.165) is 6.42 Å². The normalized spacial score (nSPS) is 25.4. The number of nitrogens with one attached hydrogen (secondary N) is 1. The minimum absolute atomic E-state index is 0.0290. The van der Waals surface area contributed by atoms with E-state index in [9.17, 15) is 14.7 Å². The second-order valence-electron chi connectivity index (χ2n) is 4.71. The summed E-state index contributed by atoms with van der Waals surface area (Å²) in [6, 6.07) is -0.333. The number of amides is 2. The first-order chi connectivity index (χ1) is 7.91. The summed E-state index contributed by atoms with van der Waals surface area (Å²) in [4.78, 5) is 24.6. The van der Waals surface area contributed by atoms with Gasteiger partial charge in [0.2, 0.25) is 0 Å². The molecule has 0 aromatic rings. The molecule has 17 heavy (non-hydrogen) atoms. The lowest BCUT2D eigenvalue weighted by atomic mass is 10.00. The average Bonchev–Trinajstić information content (AvgIpc) is 2.62. The highest BCUT2D eigenvalue weighted by Crippen LogP contribution is 2.29. The van der Waals surface area contributed by atoms with Crippen LogP contribution >= 0.6 is 0 Å². The van der Waals surface area contributed by atoms with Crippen LogP contribution in [-0.2, 0) is 4.79 Å². The molecule has 1 fully saturated rings. The van der Waals surface area contributed by atoms with Crippen molar-refractivity contribution in [2.45, 2.75) is 44.7 Å². The molecule has 1 saturated heterocycles. The lowest BCUT2D eigenvalue weighted by Gasteiger charge is -2.32. The summed E-state index contributed by atoms with van der Waals surface area (Å²) in [6.45, 7) is 7.56. The van der Waals surface area contributed by atoms with Gasteiger partial charge < -0.3 is 15.3 Å². The van der Waals surface area contributed by atoms with Crippen LogP contribution in [0.1, 0.15) is 33.1 Å². The number of carbonyl (C=O) groups excluding carboxylic acids is 1. The molecule has 1 aliphatic heterocycles. The fourth-order valence-electron chi connectivity index (χ4n) is 2.11. The Labute approximate surface area is 101 Å². The van der Waals surface area contributed by atoms with Gasteiger partial charge in [-0.3, -0.25) is 0 Å². The van der Waals surface area contributed by atoms with Gasteiger partial charge in [0.05, 0.1) is 0 Å². The van der Waals surface area contributed by atoms with Crippen LogP contribution in [0, 0.1) is 0 Å². The molecule has 1 rings (SSSR count). The van der Waals surface area contributed by atoms with Crippen molar-refractivity contribution in [1.29, 1.82) is 0 Å². The zero-order valence-corrected chi connectivity index (χ0v) is 10.4. The monoisotopic (exact) mass is 240 g/mol. The summed E-state index contributed by atoms with van der Waals surface area (Å²) >= 11 is 0. The summed E-state index contributed by atoms with van der Waals surface area (Å²) < 4.78 is 0. The van der Waals surface area contributed by atoms with E-state index in [-0.39, 0.29) is 12.1 Å². The number of aliphatic carboxylic acids is 1. The number of carboxylic acid groups (broad SMARTS) is 1. The molecule has 2 amide bonds. The van der Waals surface area contributed by atoms with Crippen LogP contribution in [0.15, 0.2) is 12.7 Å². The molecule has 0 aromatic carbocycles. The van der Waals surface area contributed by atoms with Crippen LogP contribution < -0.4 is 5.32 Å². The van der Waals surface area contributed by atoms with Crippen LogP contribution in [0.5, 0.6) is 0 Å². The predicted molar refractivity (Wildman–Crippen MR) is 64.8 cm³/mol. The first kappa shape index (κ1) is 13.5. The van der Waals surface area contributed by atoms with Crippen molar-refractivity contribution in [1.82, 2.24) is 10.2 Å². The highest BCUT2D eigenvalue weighted by molar-refractivity contribution is 5.86. The van der Waals surface area contributed by atoms with Crippen LogP contribution in [0.2, 0.25) is 0 Å². The number of hydrogen-bond acceptors (Lipinski definition) is 2. The third-order valence-electron chi connectivity index (χ3n) is 3.24. The van der Waals surface area contributed by atoms with E-state index in [1.54, 1.807) is 13.0 Å². The number of hydrogen-bond donors (Lipinski definition) is 2. The van der Waals surface area contributed by atoms with Gasteiger partial charge in [-0.15, -0.1) is 6.58 Å². The summed E-state index contributed by atoms with van der Waals surface area (Å²) in [6.07, 6.45) is 3.63. The number of urea groups is 1. The molecule has 96 valence electrons. The molecule has 0 saturated carbocycles. The lowest BCUT2D eigenvalue weighted by molar-refractivity contribution is -0.147. The SMILES string of the molecule is C=CCC(C)NC(=O)N1CCCC1(C)C(=O)O. The smallest absolute Gasteiger partial charge is 0.329 e. The third-order valence-corrected chi connectivity index (χ3v) is 3.24. The fraction of sp³-hybridized carbons (Fsp3) is 0.667. The van der Waals surface area contributed by atoms with Crippen molar-refractivity contribution in [2.75, 3.05) is 6.54 Å². The van der Waals surface area contributed by atoms with E-state index in [4.69, 9.17) is 0 Å². The molecule has 2 N–H and O–H groups in total. The summed E-state index contributed by atoms with van der Waals surface area (Å²) in [5.74, 6) is -0.943. The summed E-state index contributed by atoms with van der Waals surface area (Å²) in [5, 5.41) is 12.0. The van der Waals surface area contributed by atoms with E-state index in [1.165, 1.54) is 4.90 Å². The first-order valence-electron chi connectivity index (χ1n) is 5.84. The summed E-state index contributed by atoms with van der Waals surface area (Å²) in [7, 11) is 0. The zero-order chi connectivity index (χ0) is 13.1. The maximum absolute atomic E-state index is 12.0. The van der Waals surface area contributed by atoms with Crippen molar-refractivity contribution in [3.8, 4) is 0 Å². The number of nitrogens with zero attached hydrogens (tertiary/aromatic N) is 1. The van der Waals surface area contributed by atoms with Crippen LogP contribution in [0.3, 0.4) is 0 Å². The highest BCUT2D eigenvalue weighted by atomic mass is 16.4. The number of rotatable bonds is 4. The quantitative estimate of drug-likeness (QED) is 0.733. The minimum Gasteiger partial charge on any atom is -0.480 e. The topological polar surface area (TPSA) is 69.6 Å². The Morgan fingerprint density at radius 1 is 1.65 bits per heavy atom. The Bertz CT molecular complexity index is 330. The van der Waals surface area contributed by atoms with Crippen LogP contribution in [0.25, 0.3) is 0 Å². The van der Waals surface area contributed by atoms with E-state index in [1.807, 2.05) is 6.92 Å². The molecular formula is C12H20N2O3. The average molecular weight is 240 g/mol. The Kier molecular flexibility index (Phi) is 4.15. The molecule has 5 heteroatoms. The molecule has 0 aromatic heterocycles. The van der Waals surface area contributed by atoms with Gasteiger partial charge in [-0.05, 0) is 33.1 Å². The second-order valence-corrected chi connectivity index (χ2v) is 4.71. The van der Waals surface area contributed by atoms with Gasteiger partial charge in [-0.1, -0.05) is 6.08 Å². The van der Waals surface area contributed by atoms with E-state index < -0.39 is 11.5 Å². The molecule has 0 spiro atoms. The predicted octanol–water partition coefficient (Wildman–Crippen LogP) is 1.60. The fourth-order valence-corrected chi connectivity index (χ4v) is 2.11. The molecule has 1 heterocycles. The second kappa shape index (κ2) is 5.21. The molecule has 0 aliphatic carbocycles. The van der Waals surface area contributed by atoms with Crippen molar-refractivity contribution in [3.05, 3.63) is 12.7 Å². The van der Waals surface area contributed by atoms with Crippen molar-refractivity contribution in [2.24, 2.45) is 0 Å². The maximum atomic E-state index is 12.0. The maximum Gasteiger partial charge on any atom is 0.329 e. The van der Waals surface area contributed by atoms with Gasteiger partial charge in [0, 0.05) is 12.6 Å². The Morgan fingerprint density at radius 3 is 2.82 bits per heavy atom. The van der Waals surface area contributed by atoms with Crippen molar-refractivity contribution >= 4 is 12.0 Å². The molecular weight excluding hydrogens is 220 g/mol. The number of carbonyl (C=O) groups is 2. The van der Waals surface area contributed by atoms with Gasteiger partial charge in [-0.2, -0.15) is 0 Å². The standard InChI is InChI=1S/C12H20N2O3/c1-4-6-9(2)13-11(17)14-8-5-7-12(14,3)10(15)16/h4,9H,1,5-8H2,2-3H3,(H,13,17)(H,15,16). The van der Waals surface area contributed by atoms with E-state index in [0.29, 0.717) is 19.4 Å². The van der Waals surface area contributed by atoms with Gasteiger partial charge in [0.1, 0.15) is 5.54 Å². The molecule has 2 atom stereocenters. The van der Waals surface area contributed by atoms with E-state index >= 15 is 0 Å². The zero-order valence-electron chi connectivity index (χ0n) is 10.4. The van der Waals surface area contributed by atoms with Crippen molar-refractivity contribution < 1.29 is 14.7 Å². The molecule has 2 unspecified atom stereocenters. The number of likely N-dealkylation sites (tertiary alicyclic amines) is 1. The van der Waals surface area contributed by atoms with Crippen LogP contribution in [-0.4, -0.2) is 40.1 Å². The highest BCUT2D eigenvalue weighted by Gasteiger charge is 2.46. The van der Waals surface area contributed by atoms with Crippen molar-refractivity contribution in [3.63, 3.8) is 0 Å². The number of carboxylic acids is 1. The minimum atomic E-state index is -1.07. The Morgan fingerprint density at radius 2 is 2.29 bits per heavy atom. The lowest BCUT2D eigenvalue weighted by Crippen LogP contribution is -2.55. The third kappa shape index (κ3) is 2.78. The first-order valence-corrected chi connectivity index (χ1v) is 5.84. The molecule has 0 radical (unpaired) electrons. The molecule has 5 nitrogen and oxygen atoms in total. The molecule has 1 aliphatic rings. The Balaban J connectivity index is 2.68. The van der Waals surface area contributed by atoms with Gasteiger partial charge >= 0.3 is 12.0 Å². The largest absolute Gasteiger partial charge is 0.480 e. The van der Waals surface area contributed by atoms with Gasteiger partial charge in [0.15, 0.2) is 0 Å². The summed E-state index contributed by atoms with van der Waals surface area (Å²) in [5.41, 5.74) is -1.07. The van der Waals surface area contributed by atoms with Gasteiger partial charge in [-0.25, -0.2) is 9.59 Å². The Hall–Kier alpha value is -1.52. The van der Waals surface area contributed by atoms with Gasteiger partial charge in [0.25, 0.3) is 0 Å². The molecule has 0 bridgehead atoms. The van der Waals surface area contributed by atoms with E-state index in [2.05, 4.69) is 11.9 Å². The van der Waals surface area contributed by atoms with Crippen LogP contribution in [0.4, 0.5) is 4.79 Å².